The number of thiazole rings is 1. The summed E-state index contributed by atoms with van der Waals surface area (Å²) < 4.78 is 10.7. The van der Waals surface area contributed by atoms with Gasteiger partial charge in [0.15, 0.2) is 16.6 Å². The third-order valence-electron chi connectivity index (χ3n) is 4.19. The van der Waals surface area contributed by atoms with Crippen molar-refractivity contribution < 1.29 is 9.47 Å². The molecule has 2 aromatic carbocycles. The monoisotopic (exact) mass is 383 g/mol. The number of hydrogen-bond acceptors (Lipinski definition) is 6. The Labute approximate surface area is 164 Å². The van der Waals surface area contributed by atoms with Crippen LogP contribution in [0.4, 0.5) is 10.8 Å². The van der Waals surface area contributed by atoms with E-state index in [0.717, 1.165) is 41.1 Å². The summed E-state index contributed by atoms with van der Waals surface area (Å²) in [5, 5.41) is 6.37. The van der Waals surface area contributed by atoms with Gasteiger partial charge in [-0.3, -0.25) is 4.90 Å². The van der Waals surface area contributed by atoms with Crippen molar-refractivity contribution in [3.8, 4) is 11.5 Å². The van der Waals surface area contributed by atoms with Crippen LogP contribution in [-0.4, -0.2) is 31.2 Å². The zero-order valence-corrected chi connectivity index (χ0v) is 17.0. The number of ether oxygens (including phenoxy) is 2. The minimum absolute atomic E-state index is 0.746. The molecule has 0 spiro atoms. The molecule has 1 heterocycles. The summed E-state index contributed by atoms with van der Waals surface area (Å²) in [5.41, 5.74) is 4.53. The molecule has 0 aliphatic rings. The van der Waals surface area contributed by atoms with Crippen molar-refractivity contribution in [1.82, 2.24) is 9.88 Å². The van der Waals surface area contributed by atoms with Crippen LogP contribution in [0.5, 0.6) is 11.5 Å². The largest absolute Gasteiger partial charge is 0.493 e. The maximum absolute atomic E-state index is 5.38. The summed E-state index contributed by atoms with van der Waals surface area (Å²) in [6.07, 6.45) is 0. The standard InChI is InChI=1S/C21H25N3O2S/c1-15-5-8-17(9-6-15)22-21-23-18(14-27-21)13-24(2)12-16-7-10-19(25-3)20(11-16)26-4/h5-11,14H,12-13H2,1-4H3,(H,22,23). The molecule has 6 heteroatoms. The smallest absolute Gasteiger partial charge is 0.187 e. The molecule has 27 heavy (non-hydrogen) atoms. The van der Waals surface area contributed by atoms with Gasteiger partial charge in [-0.15, -0.1) is 11.3 Å². The van der Waals surface area contributed by atoms with E-state index >= 15 is 0 Å². The van der Waals surface area contributed by atoms with E-state index in [1.807, 2.05) is 12.1 Å². The normalized spacial score (nSPS) is 10.9. The van der Waals surface area contributed by atoms with Gasteiger partial charge in [-0.05, 0) is 43.8 Å². The molecule has 0 unspecified atom stereocenters. The topological polar surface area (TPSA) is 46.6 Å². The number of nitrogens with zero attached hydrogens (tertiary/aromatic N) is 2. The number of benzene rings is 2. The summed E-state index contributed by atoms with van der Waals surface area (Å²) in [6.45, 7) is 3.67. The van der Waals surface area contributed by atoms with Gasteiger partial charge in [0.05, 0.1) is 19.9 Å². The van der Waals surface area contributed by atoms with Gasteiger partial charge in [0.1, 0.15) is 0 Å². The second-order valence-electron chi connectivity index (χ2n) is 6.50. The van der Waals surface area contributed by atoms with Gasteiger partial charge >= 0.3 is 0 Å². The summed E-state index contributed by atoms with van der Waals surface area (Å²) in [7, 11) is 5.39. The molecular formula is C21H25N3O2S. The zero-order chi connectivity index (χ0) is 19.2. The van der Waals surface area contributed by atoms with Crippen LogP contribution in [0.25, 0.3) is 0 Å². The molecule has 3 aromatic rings. The molecule has 5 nitrogen and oxygen atoms in total. The van der Waals surface area contributed by atoms with Crippen molar-refractivity contribution in [3.63, 3.8) is 0 Å². The Kier molecular flexibility index (Phi) is 6.32. The van der Waals surface area contributed by atoms with E-state index in [4.69, 9.17) is 14.5 Å². The Bertz CT molecular complexity index is 877. The van der Waals surface area contributed by atoms with Crippen molar-refractivity contribution in [3.05, 3.63) is 64.7 Å². The minimum atomic E-state index is 0.746. The molecule has 0 aliphatic heterocycles. The van der Waals surface area contributed by atoms with Crippen LogP contribution < -0.4 is 14.8 Å². The molecule has 142 valence electrons. The summed E-state index contributed by atoms with van der Waals surface area (Å²) >= 11 is 1.62. The Balaban J connectivity index is 1.59. The first-order chi connectivity index (χ1) is 13.1. The van der Waals surface area contributed by atoms with Gasteiger partial charge < -0.3 is 14.8 Å². The molecule has 1 aromatic heterocycles. The molecule has 0 radical (unpaired) electrons. The van der Waals surface area contributed by atoms with Gasteiger partial charge in [0, 0.05) is 24.2 Å². The van der Waals surface area contributed by atoms with Crippen molar-refractivity contribution in [1.29, 1.82) is 0 Å². The van der Waals surface area contributed by atoms with E-state index in [1.165, 1.54) is 11.1 Å². The highest BCUT2D eigenvalue weighted by Gasteiger charge is 2.09. The fraction of sp³-hybridized carbons (Fsp3) is 0.286. The fourth-order valence-corrected chi connectivity index (χ4v) is 3.54. The number of nitrogens with one attached hydrogen (secondary N) is 1. The fourth-order valence-electron chi connectivity index (χ4n) is 2.82. The van der Waals surface area contributed by atoms with Gasteiger partial charge in [0.25, 0.3) is 0 Å². The first-order valence-electron chi connectivity index (χ1n) is 8.75. The average molecular weight is 384 g/mol. The van der Waals surface area contributed by atoms with Gasteiger partial charge in [-0.1, -0.05) is 23.8 Å². The molecule has 0 saturated heterocycles. The van der Waals surface area contributed by atoms with Gasteiger partial charge in [0.2, 0.25) is 0 Å². The molecule has 0 amide bonds. The van der Waals surface area contributed by atoms with Crippen LogP contribution in [-0.2, 0) is 13.1 Å². The average Bonchev–Trinajstić information content (AvgIpc) is 3.10. The number of rotatable bonds is 8. The molecular weight excluding hydrogens is 358 g/mol. The van der Waals surface area contributed by atoms with Crippen molar-refractivity contribution in [2.45, 2.75) is 20.0 Å². The zero-order valence-electron chi connectivity index (χ0n) is 16.2. The Morgan fingerprint density at radius 2 is 1.74 bits per heavy atom. The second kappa shape index (κ2) is 8.88. The molecule has 1 N–H and O–H groups in total. The maximum Gasteiger partial charge on any atom is 0.187 e. The van der Waals surface area contributed by atoms with E-state index in [1.54, 1.807) is 25.6 Å². The van der Waals surface area contributed by atoms with Crippen LogP contribution in [0, 0.1) is 6.92 Å². The number of hydrogen-bond donors (Lipinski definition) is 1. The van der Waals surface area contributed by atoms with Crippen molar-refractivity contribution in [2.75, 3.05) is 26.6 Å². The second-order valence-corrected chi connectivity index (χ2v) is 7.35. The lowest BCUT2D eigenvalue weighted by molar-refractivity contribution is 0.313. The van der Waals surface area contributed by atoms with Crippen LogP contribution in [0.1, 0.15) is 16.8 Å². The highest BCUT2D eigenvalue weighted by Crippen LogP contribution is 2.28. The predicted molar refractivity (Wildman–Crippen MR) is 111 cm³/mol. The molecule has 0 fully saturated rings. The van der Waals surface area contributed by atoms with E-state index in [-0.39, 0.29) is 0 Å². The van der Waals surface area contributed by atoms with Crippen LogP contribution in [0.3, 0.4) is 0 Å². The Morgan fingerprint density at radius 1 is 1.00 bits per heavy atom. The quantitative estimate of drug-likeness (QED) is 0.603. The maximum atomic E-state index is 5.38. The number of aryl methyl sites for hydroxylation is 1. The molecule has 0 saturated carbocycles. The van der Waals surface area contributed by atoms with Gasteiger partial charge in [-0.25, -0.2) is 4.98 Å². The number of methoxy groups -OCH3 is 2. The van der Waals surface area contributed by atoms with Crippen molar-refractivity contribution in [2.24, 2.45) is 0 Å². The first-order valence-corrected chi connectivity index (χ1v) is 9.63. The molecule has 0 bridgehead atoms. The summed E-state index contributed by atoms with van der Waals surface area (Å²) in [5.74, 6) is 1.50. The lowest BCUT2D eigenvalue weighted by Gasteiger charge is -2.16. The predicted octanol–water partition coefficient (Wildman–Crippen LogP) is 4.84. The third kappa shape index (κ3) is 5.21. The molecule has 0 aliphatic carbocycles. The Morgan fingerprint density at radius 3 is 2.44 bits per heavy atom. The lowest BCUT2D eigenvalue weighted by Crippen LogP contribution is -2.17. The minimum Gasteiger partial charge on any atom is -0.493 e. The third-order valence-corrected chi connectivity index (χ3v) is 4.99. The summed E-state index contributed by atoms with van der Waals surface area (Å²) in [4.78, 5) is 6.92. The molecule has 3 rings (SSSR count). The highest BCUT2D eigenvalue weighted by molar-refractivity contribution is 7.13. The van der Waals surface area contributed by atoms with Gasteiger partial charge in [-0.2, -0.15) is 0 Å². The summed E-state index contributed by atoms with van der Waals surface area (Å²) in [6, 6.07) is 14.3. The first kappa shape index (κ1) is 19.2. The molecule has 0 atom stereocenters. The van der Waals surface area contributed by atoms with Crippen LogP contribution in [0.15, 0.2) is 47.8 Å². The SMILES string of the molecule is COc1ccc(CN(C)Cc2csc(Nc3ccc(C)cc3)n2)cc1OC. The van der Waals surface area contributed by atoms with E-state index < -0.39 is 0 Å². The van der Waals surface area contributed by atoms with E-state index in [2.05, 4.69) is 59.9 Å². The highest BCUT2D eigenvalue weighted by atomic mass is 32.1. The number of anilines is 2. The van der Waals surface area contributed by atoms with E-state index in [0.29, 0.717) is 0 Å². The lowest BCUT2D eigenvalue weighted by atomic mass is 10.2. The van der Waals surface area contributed by atoms with E-state index in [9.17, 15) is 0 Å². The van der Waals surface area contributed by atoms with Crippen LogP contribution >= 0.6 is 11.3 Å². The van der Waals surface area contributed by atoms with Crippen molar-refractivity contribution >= 4 is 22.2 Å². The van der Waals surface area contributed by atoms with Crippen LogP contribution in [0.2, 0.25) is 0 Å². The number of aromatic nitrogens is 1. The Hall–Kier alpha value is -2.57.